The van der Waals surface area contributed by atoms with E-state index in [1.807, 2.05) is 0 Å². The number of ether oxygens (including phenoxy) is 2. The van der Waals surface area contributed by atoms with Crippen LogP contribution in [0.3, 0.4) is 0 Å². The van der Waals surface area contributed by atoms with Gasteiger partial charge in [-0.25, -0.2) is 0 Å². The van der Waals surface area contributed by atoms with Crippen LogP contribution >= 0.6 is 12.2 Å². The lowest BCUT2D eigenvalue weighted by Crippen LogP contribution is -2.04. The van der Waals surface area contributed by atoms with Gasteiger partial charge in [0.1, 0.15) is 0 Å². The van der Waals surface area contributed by atoms with Crippen LogP contribution in [0.4, 0.5) is 0 Å². The molecule has 0 N–H and O–H groups in total. The third kappa shape index (κ3) is 19.6. The molecule has 0 aromatic rings. The highest BCUT2D eigenvalue weighted by atomic mass is 32.1. The number of hydrogen-bond donors (Lipinski definition) is 0. The number of methoxy groups -OCH3 is 1. The zero-order valence-corrected chi connectivity index (χ0v) is 16.6. The molecule has 0 bridgehead atoms. The first-order valence-corrected chi connectivity index (χ1v) is 10.4. The Balaban J connectivity index is 2.99. The van der Waals surface area contributed by atoms with Crippen molar-refractivity contribution in [2.75, 3.05) is 13.7 Å². The van der Waals surface area contributed by atoms with E-state index in [0.29, 0.717) is 6.61 Å². The summed E-state index contributed by atoms with van der Waals surface area (Å²) < 4.78 is 10.0. The van der Waals surface area contributed by atoms with Crippen molar-refractivity contribution < 1.29 is 9.47 Å². The topological polar surface area (TPSA) is 18.5 Å². The van der Waals surface area contributed by atoms with E-state index < -0.39 is 0 Å². The summed E-state index contributed by atoms with van der Waals surface area (Å²) in [5.74, 6) is 0. The Labute approximate surface area is 150 Å². The predicted octanol–water partition coefficient (Wildman–Crippen LogP) is 7.20. The molecule has 0 radical (unpaired) electrons. The lowest BCUT2D eigenvalue weighted by Gasteiger charge is -2.05. The van der Waals surface area contributed by atoms with Gasteiger partial charge in [0.05, 0.1) is 13.7 Å². The summed E-state index contributed by atoms with van der Waals surface area (Å²) in [5.41, 5.74) is 0. The van der Waals surface area contributed by atoms with Crippen LogP contribution in [0.1, 0.15) is 110 Å². The Kier molecular flexibility index (Phi) is 19.5. The Morgan fingerprint density at radius 3 is 1.30 bits per heavy atom. The molecule has 0 saturated heterocycles. The van der Waals surface area contributed by atoms with E-state index in [1.54, 1.807) is 7.11 Å². The lowest BCUT2D eigenvalue weighted by atomic mass is 10.0. The maximum absolute atomic E-state index is 5.22. The molecule has 0 aromatic heterocycles. The highest BCUT2D eigenvalue weighted by Crippen LogP contribution is 2.13. The van der Waals surface area contributed by atoms with Crippen molar-refractivity contribution in [3.05, 3.63) is 0 Å². The molecule has 0 rings (SSSR count). The molecule has 0 spiro atoms. The van der Waals surface area contributed by atoms with E-state index in [2.05, 4.69) is 6.92 Å². The summed E-state index contributed by atoms with van der Waals surface area (Å²) in [6.45, 7) is 2.98. The fraction of sp³-hybridized carbons (Fsp3) is 0.950. The van der Waals surface area contributed by atoms with Gasteiger partial charge in [-0.15, -0.1) is 0 Å². The number of thiocarbonyl (C=S) groups is 1. The van der Waals surface area contributed by atoms with Crippen LogP contribution in [-0.2, 0) is 9.47 Å². The van der Waals surface area contributed by atoms with Gasteiger partial charge in [0.2, 0.25) is 0 Å². The van der Waals surface area contributed by atoms with Gasteiger partial charge in [0.15, 0.2) is 0 Å². The summed E-state index contributed by atoms with van der Waals surface area (Å²) in [5, 5.41) is 0.269. The molecule has 0 amide bonds. The van der Waals surface area contributed by atoms with Crippen LogP contribution in [0, 0.1) is 0 Å². The van der Waals surface area contributed by atoms with Gasteiger partial charge in [0, 0.05) is 12.2 Å². The van der Waals surface area contributed by atoms with Crippen LogP contribution in [0.5, 0.6) is 0 Å². The third-order valence-corrected chi connectivity index (χ3v) is 4.67. The fourth-order valence-electron chi connectivity index (χ4n) is 2.86. The minimum atomic E-state index is 0.269. The number of rotatable bonds is 17. The maximum Gasteiger partial charge on any atom is 0.351 e. The molecule has 0 fully saturated rings. The monoisotopic (exact) mass is 344 g/mol. The molecule has 0 aliphatic carbocycles. The molecule has 3 heteroatoms. The Hall–Kier alpha value is -0.310. The smallest absolute Gasteiger partial charge is 0.351 e. The van der Waals surface area contributed by atoms with Crippen molar-refractivity contribution in [3.63, 3.8) is 0 Å². The number of hydrogen-bond acceptors (Lipinski definition) is 3. The van der Waals surface area contributed by atoms with Crippen molar-refractivity contribution in [2.24, 2.45) is 0 Å². The average Bonchev–Trinajstić information content (AvgIpc) is 2.57. The fourth-order valence-corrected chi connectivity index (χ4v) is 2.95. The average molecular weight is 345 g/mol. The molecule has 0 unspecified atom stereocenters. The first-order chi connectivity index (χ1) is 11.3. The molecule has 23 heavy (non-hydrogen) atoms. The van der Waals surface area contributed by atoms with Gasteiger partial charge in [-0.2, -0.15) is 0 Å². The second kappa shape index (κ2) is 19.7. The van der Waals surface area contributed by atoms with Crippen LogP contribution in [0.2, 0.25) is 0 Å². The zero-order chi connectivity index (χ0) is 17.0. The quantitative estimate of drug-likeness (QED) is 0.205. The first-order valence-electron chi connectivity index (χ1n) is 10.0. The molecule has 0 aliphatic heterocycles. The van der Waals surface area contributed by atoms with Crippen LogP contribution in [0.25, 0.3) is 0 Å². The van der Waals surface area contributed by atoms with Gasteiger partial charge >= 0.3 is 5.24 Å². The van der Waals surface area contributed by atoms with Gasteiger partial charge < -0.3 is 9.47 Å². The van der Waals surface area contributed by atoms with Crippen LogP contribution in [0.15, 0.2) is 0 Å². The van der Waals surface area contributed by atoms with Crippen LogP contribution in [-0.4, -0.2) is 19.0 Å². The third-order valence-electron chi connectivity index (χ3n) is 4.38. The first kappa shape index (κ1) is 22.7. The maximum atomic E-state index is 5.22. The van der Waals surface area contributed by atoms with E-state index >= 15 is 0 Å². The van der Waals surface area contributed by atoms with E-state index in [1.165, 1.54) is 96.3 Å². The summed E-state index contributed by atoms with van der Waals surface area (Å²) in [7, 11) is 1.55. The van der Waals surface area contributed by atoms with Crippen LogP contribution < -0.4 is 0 Å². The molecule has 138 valence electrons. The van der Waals surface area contributed by atoms with E-state index in [-0.39, 0.29) is 5.24 Å². The molecule has 0 heterocycles. The molecule has 0 aromatic carbocycles. The zero-order valence-electron chi connectivity index (χ0n) is 15.7. The highest BCUT2D eigenvalue weighted by Gasteiger charge is 1.96. The summed E-state index contributed by atoms with van der Waals surface area (Å²) in [6.07, 6.45) is 22.2. The molecular weight excluding hydrogens is 304 g/mol. The van der Waals surface area contributed by atoms with Gasteiger partial charge in [-0.05, 0) is 6.42 Å². The standard InChI is InChI=1S/C20H40O2S/c1-3-4-5-6-7-8-9-10-11-12-13-14-15-16-17-18-19-22-20(23)21-2/h3-19H2,1-2H3. The van der Waals surface area contributed by atoms with Gasteiger partial charge in [-0.3, -0.25) is 0 Å². The molecule has 0 aliphatic rings. The summed E-state index contributed by atoms with van der Waals surface area (Å²) >= 11 is 4.82. The van der Waals surface area contributed by atoms with E-state index in [9.17, 15) is 0 Å². The Morgan fingerprint density at radius 2 is 0.957 bits per heavy atom. The number of unbranched alkanes of at least 4 members (excludes halogenated alkanes) is 15. The Morgan fingerprint density at radius 1 is 0.609 bits per heavy atom. The predicted molar refractivity (Wildman–Crippen MR) is 105 cm³/mol. The Bertz CT molecular complexity index is 244. The van der Waals surface area contributed by atoms with Crippen molar-refractivity contribution in [1.82, 2.24) is 0 Å². The molecule has 2 nitrogen and oxygen atoms in total. The van der Waals surface area contributed by atoms with E-state index in [4.69, 9.17) is 21.7 Å². The normalized spacial score (nSPS) is 10.7. The van der Waals surface area contributed by atoms with Crippen molar-refractivity contribution in [3.8, 4) is 0 Å². The highest BCUT2D eigenvalue weighted by molar-refractivity contribution is 7.79. The second-order valence-electron chi connectivity index (χ2n) is 6.61. The molecule has 0 saturated carbocycles. The minimum Gasteiger partial charge on any atom is -0.460 e. The van der Waals surface area contributed by atoms with E-state index in [0.717, 1.165) is 6.42 Å². The lowest BCUT2D eigenvalue weighted by molar-refractivity contribution is 0.205. The summed E-state index contributed by atoms with van der Waals surface area (Å²) in [4.78, 5) is 0. The van der Waals surface area contributed by atoms with Gasteiger partial charge in [0.25, 0.3) is 0 Å². The SMILES string of the molecule is CCCCCCCCCCCCCCCCCCOC(=S)OC. The molecule has 0 atom stereocenters. The minimum absolute atomic E-state index is 0.269. The second-order valence-corrected chi connectivity index (χ2v) is 6.94. The van der Waals surface area contributed by atoms with Crippen molar-refractivity contribution in [1.29, 1.82) is 0 Å². The van der Waals surface area contributed by atoms with Gasteiger partial charge in [-0.1, -0.05) is 103 Å². The summed E-state index contributed by atoms with van der Waals surface area (Å²) in [6, 6.07) is 0. The molecular formula is C20H40O2S. The van der Waals surface area contributed by atoms with Crippen molar-refractivity contribution >= 4 is 17.5 Å². The van der Waals surface area contributed by atoms with Crippen molar-refractivity contribution in [2.45, 2.75) is 110 Å². The largest absolute Gasteiger partial charge is 0.460 e.